The van der Waals surface area contributed by atoms with Crippen LogP contribution in [0.1, 0.15) is 39.0 Å². The van der Waals surface area contributed by atoms with E-state index in [2.05, 4.69) is 28.4 Å². The fourth-order valence-corrected chi connectivity index (χ4v) is 3.30. The van der Waals surface area contributed by atoms with Crippen molar-refractivity contribution in [1.82, 2.24) is 15.5 Å². The van der Waals surface area contributed by atoms with E-state index in [4.69, 9.17) is 6.42 Å². The fraction of sp³-hybridized carbons (Fsp3) is 0.812. The molecule has 2 aliphatic rings. The van der Waals surface area contributed by atoms with Crippen LogP contribution in [0.5, 0.6) is 0 Å². The summed E-state index contributed by atoms with van der Waals surface area (Å²) in [4.78, 5) is 14.4. The normalized spacial score (nSPS) is 28.8. The minimum Gasteiger partial charge on any atom is -0.354 e. The van der Waals surface area contributed by atoms with Crippen LogP contribution < -0.4 is 10.6 Å². The van der Waals surface area contributed by atoms with Crippen LogP contribution in [0.2, 0.25) is 0 Å². The van der Waals surface area contributed by atoms with Crippen LogP contribution in [-0.2, 0) is 4.79 Å². The Labute approximate surface area is 122 Å². The summed E-state index contributed by atoms with van der Waals surface area (Å²) in [5.74, 6) is 3.59. The lowest BCUT2D eigenvalue weighted by molar-refractivity contribution is -0.123. The van der Waals surface area contributed by atoms with Crippen molar-refractivity contribution in [2.24, 2.45) is 5.92 Å². The third-order valence-electron chi connectivity index (χ3n) is 4.51. The minimum absolute atomic E-state index is 0.0313. The van der Waals surface area contributed by atoms with Gasteiger partial charge in [-0.05, 0) is 51.1 Å². The monoisotopic (exact) mass is 277 g/mol. The molecule has 2 heterocycles. The molecule has 2 aliphatic heterocycles. The summed E-state index contributed by atoms with van der Waals surface area (Å²) in [5.41, 5.74) is 0. The number of rotatable bonds is 5. The van der Waals surface area contributed by atoms with E-state index in [9.17, 15) is 4.79 Å². The van der Waals surface area contributed by atoms with Gasteiger partial charge in [0.25, 0.3) is 0 Å². The average Bonchev–Trinajstić information content (AvgIpc) is 3.01. The lowest BCUT2D eigenvalue weighted by Gasteiger charge is -2.36. The van der Waals surface area contributed by atoms with Gasteiger partial charge >= 0.3 is 0 Å². The summed E-state index contributed by atoms with van der Waals surface area (Å²) in [6.45, 7) is 6.00. The predicted octanol–water partition coefficient (Wildman–Crippen LogP) is 0.978. The number of amides is 1. The molecule has 0 spiro atoms. The van der Waals surface area contributed by atoms with Gasteiger partial charge in [0.05, 0.1) is 12.1 Å². The first kappa shape index (κ1) is 15.3. The van der Waals surface area contributed by atoms with E-state index < -0.39 is 0 Å². The average molecular weight is 277 g/mol. The Kier molecular flexibility index (Phi) is 5.87. The number of nitrogens with zero attached hydrogens (tertiary/aromatic N) is 1. The van der Waals surface area contributed by atoms with Gasteiger partial charge in [0, 0.05) is 13.1 Å². The maximum absolute atomic E-state index is 12.0. The molecule has 2 rings (SSSR count). The van der Waals surface area contributed by atoms with Gasteiger partial charge in [-0.3, -0.25) is 9.69 Å². The molecule has 0 saturated carbocycles. The van der Waals surface area contributed by atoms with Gasteiger partial charge in [-0.2, -0.15) is 0 Å². The number of hydrogen-bond donors (Lipinski definition) is 2. The molecule has 2 saturated heterocycles. The highest BCUT2D eigenvalue weighted by Crippen LogP contribution is 2.19. The second-order valence-corrected chi connectivity index (χ2v) is 5.99. The van der Waals surface area contributed by atoms with Gasteiger partial charge in [-0.15, -0.1) is 6.42 Å². The Morgan fingerprint density at radius 1 is 1.50 bits per heavy atom. The smallest absolute Gasteiger partial charge is 0.237 e. The second-order valence-electron chi connectivity index (χ2n) is 5.99. The highest BCUT2D eigenvalue weighted by molar-refractivity contribution is 5.81. The largest absolute Gasteiger partial charge is 0.354 e. The van der Waals surface area contributed by atoms with Gasteiger partial charge in [0.2, 0.25) is 5.91 Å². The molecule has 4 nitrogen and oxygen atoms in total. The number of carbonyl (C=O) groups excluding carboxylic acids is 1. The SMILES string of the molecule is C#CC(CC)N1CCCC(CNC(=O)C2CCCN2)C1. The van der Waals surface area contributed by atoms with E-state index in [1.54, 1.807) is 0 Å². The van der Waals surface area contributed by atoms with E-state index >= 15 is 0 Å². The molecule has 112 valence electrons. The lowest BCUT2D eigenvalue weighted by atomic mass is 9.96. The summed E-state index contributed by atoms with van der Waals surface area (Å²) >= 11 is 0. The minimum atomic E-state index is 0.0313. The Balaban J connectivity index is 1.75. The molecule has 0 aromatic carbocycles. The van der Waals surface area contributed by atoms with E-state index in [0.717, 1.165) is 45.4 Å². The zero-order chi connectivity index (χ0) is 14.4. The Morgan fingerprint density at radius 2 is 2.35 bits per heavy atom. The summed E-state index contributed by atoms with van der Waals surface area (Å²) in [6.07, 6.45) is 11.0. The van der Waals surface area contributed by atoms with Crippen molar-refractivity contribution in [3.05, 3.63) is 0 Å². The van der Waals surface area contributed by atoms with Gasteiger partial charge in [0.1, 0.15) is 0 Å². The molecule has 1 amide bonds. The zero-order valence-corrected chi connectivity index (χ0v) is 12.5. The molecule has 0 radical (unpaired) electrons. The molecule has 2 N–H and O–H groups in total. The molecule has 0 aromatic heterocycles. The van der Waals surface area contributed by atoms with Crippen molar-refractivity contribution in [2.45, 2.75) is 51.1 Å². The predicted molar refractivity (Wildman–Crippen MR) is 81.2 cm³/mol. The number of piperidine rings is 1. The zero-order valence-electron chi connectivity index (χ0n) is 12.5. The molecule has 2 fully saturated rings. The molecule has 20 heavy (non-hydrogen) atoms. The molecule has 0 bridgehead atoms. The fourth-order valence-electron chi connectivity index (χ4n) is 3.30. The van der Waals surface area contributed by atoms with Crippen molar-refractivity contribution < 1.29 is 4.79 Å². The van der Waals surface area contributed by atoms with Crippen molar-refractivity contribution in [1.29, 1.82) is 0 Å². The Hall–Kier alpha value is -1.05. The molecule has 3 atom stereocenters. The quantitative estimate of drug-likeness (QED) is 0.736. The van der Waals surface area contributed by atoms with Crippen LogP contribution in [0.3, 0.4) is 0 Å². The molecule has 4 heteroatoms. The van der Waals surface area contributed by atoms with E-state index in [1.165, 1.54) is 12.8 Å². The molecule has 3 unspecified atom stereocenters. The first-order valence-electron chi connectivity index (χ1n) is 7.95. The first-order chi connectivity index (χ1) is 9.74. The maximum Gasteiger partial charge on any atom is 0.237 e. The van der Waals surface area contributed by atoms with Crippen LogP contribution in [0.25, 0.3) is 0 Å². The van der Waals surface area contributed by atoms with E-state index in [0.29, 0.717) is 5.92 Å². The van der Waals surface area contributed by atoms with Crippen LogP contribution in [0.4, 0.5) is 0 Å². The Bertz CT molecular complexity index is 357. The molecular weight excluding hydrogens is 250 g/mol. The topological polar surface area (TPSA) is 44.4 Å². The van der Waals surface area contributed by atoms with Gasteiger partial charge in [-0.1, -0.05) is 12.8 Å². The summed E-state index contributed by atoms with van der Waals surface area (Å²) < 4.78 is 0. The summed E-state index contributed by atoms with van der Waals surface area (Å²) in [5, 5.41) is 6.35. The number of terminal acetylenes is 1. The number of hydrogen-bond acceptors (Lipinski definition) is 3. The van der Waals surface area contributed by atoms with Crippen LogP contribution in [0, 0.1) is 18.3 Å². The van der Waals surface area contributed by atoms with E-state index in [-0.39, 0.29) is 18.0 Å². The van der Waals surface area contributed by atoms with Crippen LogP contribution in [-0.4, -0.2) is 49.1 Å². The highest BCUT2D eigenvalue weighted by atomic mass is 16.2. The maximum atomic E-state index is 12.0. The number of likely N-dealkylation sites (tertiary alicyclic amines) is 1. The van der Waals surface area contributed by atoms with Crippen molar-refractivity contribution in [2.75, 3.05) is 26.2 Å². The number of nitrogens with one attached hydrogen (secondary N) is 2. The summed E-state index contributed by atoms with van der Waals surface area (Å²) in [7, 11) is 0. The van der Waals surface area contributed by atoms with Gasteiger partial charge in [-0.25, -0.2) is 0 Å². The van der Waals surface area contributed by atoms with Crippen molar-refractivity contribution in [3.8, 4) is 12.3 Å². The molecule has 0 aromatic rings. The lowest BCUT2D eigenvalue weighted by Crippen LogP contribution is -2.47. The molecule has 0 aliphatic carbocycles. The van der Waals surface area contributed by atoms with Crippen molar-refractivity contribution in [3.63, 3.8) is 0 Å². The van der Waals surface area contributed by atoms with Crippen LogP contribution in [0.15, 0.2) is 0 Å². The van der Waals surface area contributed by atoms with Gasteiger partial charge < -0.3 is 10.6 Å². The van der Waals surface area contributed by atoms with Crippen LogP contribution >= 0.6 is 0 Å². The summed E-state index contributed by atoms with van der Waals surface area (Å²) in [6, 6.07) is 0.286. The van der Waals surface area contributed by atoms with E-state index in [1.807, 2.05) is 0 Å². The first-order valence-corrected chi connectivity index (χ1v) is 7.95. The Morgan fingerprint density at radius 3 is 3.00 bits per heavy atom. The molecular formula is C16H27N3O. The number of carbonyl (C=O) groups is 1. The highest BCUT2D eigenvalue weighted by Gasteiger charge is 2.26. The van der Waals surface area contributed by atoms with Gasteiger partial charge in [0.15, 0.2) is 0 Å². The standard InChI is InChI=1S/C16H27N3O/c1-3-14(4-2)19-10-6-7-13(12-19)11-18-16(20)15-8-5-9-17-15/h1,13-15,17H,4-12H2,2H3,(H,18,20). The second kappa shape index (κ2) is 7.66. The third-order valence-corrected chi connectivity index (χ3v) is 4.51. The third kappa shape index (κ3) is 3.97. The van der Waals surface area contributed by atoms with Crippen molar-refractivity contribution >= 4 is 5.91 Å².